The van der Waals surface area contributed by atoms with Gasteiger partial charge in [0.2, 0.25) is 0 Å². The average molecular weight is 283 g/mol. The van der Waals surface area contributed by atoms with Gasteiger partial charge in [0.15, 0.2) is 0 Å². The molecule has 2 heteroatoms. The van der Waals surface area contributed by atoms with E-state index in [1.54, 1.807) is 0 Å². The molecule has 1 saturated heterocycles. The quantitative estimate of drug-likeness (QED) is 0.668. The highest BCUT2D eigenvalue weighted by molar-refractivity contribution is 4.79. The predicted octanol–water partition coefficient (Wildman–Crippen LogP) is 4.30. The van der Waals surface area contributed by atoms with Crippen LogP contribution in [-0.2, 0) is 0 Å². The number of nitrogens with one attached hydrogen (secondary N) is 1. The van der Waals surface area contributed by atoms with Gasteiger partial charge in [0.05, 0.1) is 0 Å². The number of hydrogen-bond acceptors (Lipinski definition) is 2. The van der Waals surface area contributed by atoms with E-state index in [2.05, 4.69) is 37.9 Å². The number of likely N-dealkylation sites (tertiary alicyclic amines) is 1. The highest BCUT2D eigenvalue weighted by Gasteiger charge is 2.26. The van der Waals surface area contributed by atoms with Crippen molar-refractivity contribution in [1.82, 2.24) is 10.2 Å². The smallest absolute Gasteiger partial charge is 0.0107 e. The Labute approximate surface area is 127 Å². The topological polar surface area (TPSA) is 15.3 Å². The molecular formula is C18H38N2. The first kappa shape index (κ1) is 18.0. The summed E-state index contributed by atoms with van der Waals surface area (Å²) < 4.78 is 0. The molecule has 1 unspecified atom stereocenters. The summed E-state index contributed by atoms with van der Waals surface area (Å²) in [5.74, 6) is 0.912. The third-order valence-electron chi connectivity index (χ3n) is 4.86. The highest BCUT2D eigenvalue weighted by Crippen LogP contribution is 2.34. The van der Waals surface area contributed by atoms with Crippen molar-refractivity contribution in [1.29, 1.82) is 0 Å². The van der Waals surface area contributed by atoms with Gasteiger partial charge in [-0.2, -0.15) is 0 Å². The molecule has 0 aromatic carbocycles. The van der Waals surface area contributed by atoms with Crippen LogP contribution in [0.25, 0.3) is 0 Å². The van der Waals surface area contributed by atoms with Crippen molar-refractivity contribution in [3.63, 3.8) is 0 Å². The van der Waals surface area contributed by atoms with Gasteiger partial charge in [-0.05, 0) is 56.7 Å². The van der Waals surface area contributed by atoms with Crippen molar-refractivity contribution in [3.05, 3.63) is 0 Å². The molecule has 0 amide bonds. The Bertz CT molecular complexity index is 232. The van der Waals surface area contributed by atoms with Crippen LogP contribution in [0, 0.1) is 11.3 Å². The zero-order chi connectivity index (χ0) is 14.8. The van der Waals surface area contributed by atoms with Crippen molar-refractivity contribution < 1.29 is 0 Å². The van der Waals surface area contributed by atoms with Gasteiger partial charge in [-0.15, -0.1) is 0 Å². The molecule has 120 valence electrons. The van der Waals surface area contributed by atoms with Gasteiger partial charge in [0.25, 0.3) is 0 Å². The third-order valence-corrected chi connectivity index (χ3v) is 4.86. The van der Waals surface area contributed by atoms with E-state index in [9.17, 15) is 0 Å². The largest absolute Gasteiger partial charge is 0.315 e. The summed E-state index contributed by atoms with van der Waals surface area (Å²) in [6.07, 6.45) is 9.66. The Morgan fingerprint density at radius 1 is 1.00 bits per heavy atom. The Morgan fingerprint density at radius 3 is 2.50 bits per heavy atom. The summed E-state index contributed by atoms with van der Waals surface area (Å²) in [6.45, 7) is 15.7. The average Bonchev–Trinajstić information content (AvgIpc) is 2.63. The first-order valence-electron chi connectivity index (χ1n) is 8.97. The molecule has 1 aliphatic heterocycles. The van der Waals surface area contributed by atoms with Crippen LogP contribution in [0.5, 0.6) is 0 Å². The third kappa shape index (κ3) is 7.64. The minimum absolute atomic E-state index is 0.494. The summed E-state index contributed by atoms with van der Waals surface area (Å²) in [7, 11) is 0. The SMILES string of the molecule is CCCCCCNCCN1CCCC(C(C)(C)C)CC1. The van der Waals surface area contributed by atoms with Crippen molar-refractivity contribution in [2.24, 2.45) is 11.3 Å². The van der Waals surface area contributed by atoms with Crippen molar-refractivity contribution in [2.45, 2.75) is 72.6 Å². The van der Waals surface area contributed by atoms with Crippen LogP contribution in [0.2, 0.25) is 0 Å². The fourth-order valence-corrected chi connectivity index (χ4v) is 3.28. The van der Waals surface area contributed by atoms with Crippen molar-refractivity contribution in [2.75, 3.05) is 32.7 Å². The Balaban J connectivity index is 2.07. The first-order valence-corrected chi connectivity index (χ1v) is 8.97. The first-order chi connectivity index (χ1) is 9.54. The molecule has 1 atom stereocenters. The molecule has 0 radical (unpaired) electrons. The Hall–Kier alpha value is -0.0800. The van der Waals surface area contributed by atoms with Crippen LogP contribution in [0.15, 0.2) is 0 Å². The molecule has 2 nitrogen and oxygen atoms in total. The lowest BCUT2D eigenvalue weighted by molar-refractivity contribution is 0.208. The summed E-state index contributed by atoms with van der Waals surface area (Å²) >= 11 is 0. The number of hydrogen-bond donors (Lipinski definition) is 1. The Morgan fingerprint density at radius 2 is 1.80 bits per heavy atom. The second-order valence-corrected chi connectivity index (χ2v) is 7.65. The standard InChI is InChI=1S/C18H38N2/c1-5-6-7-8-12-19-13-16-20-14-9-10-17(11-15-20)18(2,3)4/h17,19H,5-16H2,1-4H3. The normalized spacial score (nSPS) is 21.9. The second kappa shape index (κ2) is 9.78. The summed E-state index contributed by atoms with van der Waals surface area (Å²) in [5.41, 5.74) is 0.494. The molecule has 1 aliphatic rings. The molecule has 1 heterocycles. The van der Waals surface area contributed by atoms with E-state index in [1.807, 2.05) is 0 Å². The van der Waals surface area contributed by atoms with E-state index in [1.165, 1.54) is 77.7 Å². The molecule has 0 saturated carbocycles. The molecule has 1 N–H and O–H groups in total. The van der Waals surface area contributed by atoms with Gasteiger partial charge in [0.1, 0.15) is 0 Å². The molecule has 1 rings (SSSR count). The molecule has 1 fully saturated rings. The maximum atomic E-state index is 3.61. The molecule has 0 aromatic heterocycles. The van der Waals surface area contributed by atoms with Gasteiger partial charge >= 0.3 is 0 Å². The van der Waals surface area contributed by atoms with Crippen LogP contribution in [0.1, 0.15) is 72.6 Å². The van der Waals surface area contributed by atoms with Crippen LogP contribution < -0.4 is 5.32 Å². The van der Waals surface area contributed by atoms with Gasteiger partial charge < -0.3 is 10.2 Å². The monoisotopic (exact) mass is 282 g/mol. The van der Waals surface area contributed by atoms with Crippen LogP contribution >= 0.6 is 0 Å². The van der Waals surface area contributed by atoms with E-state index in [-0.39, 0.29) is 0 Å². The minimum Gasteiger partial charge on any atom is -0.315 e. The minimum atomic E-state index is 0.494. The van der Waals surface area contributed by atoms with Gasteiger partial charge in [-0.25, -0.2) is 0 Å². The summed E-state index contributed by atoms with van der Waals surface area (Å²) in [5, 5.41) is 3.61. The Kier molecular flexibility index (Phi) is 8.79. The van der Waals surface area contributed by atoms with E-state index in [4.69, 9.17) is 0 Å². The lowest BCUT2D eigenvalue weighted by atomic mass is 9.77. The lowest BCUT2D eigenvalue weighted by Crippen LogP contribution is -2.33. The molecule has 20 heavy (non-hydrogen) atoms. The van der Waals surface area contributed by atoms with Crippen LogP contribution in [-0.4, -0.2) is 37.6 Å². The molecule has 0 aromatic rings. The molecule has 0 aliphatic carbocycles. The maximum Gasteiger partial charge on any atom is 0.0107 e. The zero-order valence-electron chi connectivity index (χ0n) is 14.5. The van der Waals surface area contributed by atoms with Crippen LogP contribution in [0.3, 0.4) is 0 Å². The van der Waals surface area contributed by atoms with E-state index >= 15 is 0 Å². The zero-order valence-corrected chi connectivity index (χ0v) is 14.5. The van der Waals surface area contributed by atoms with Gasteiger partial charge in [-0.3, -0.25) is 0 Å². The van der Waals surface area contributed by atoms with Crippen molar-refractivity contribution in [3.8, 4) is 0 Å². The van der Waals surface area contributed by atoms with E-state index < -0.39 is 0 Å². The molecular weight excluding hydrogens is 244 g/mol. The molecule has 0 bridgehead atoms. The van der Waals surface area contributed by atoms with E-state index in [0.29, 0.717) is 5.41 Å². The number of nitrogens with zero attached hydrogens (tertiary/aromatic N) is 1. The lowest BCUT2D eigenvalue weighted by Gasteiger charge is -2.29. The molecule has 0 spiro atoms. The summed E-state index contributed by atoms with van der Waals surface area (Å²) in [6, 6.07) is 0. The van der Waals surface area contributed by atoms with Gasteiger partial charge in [-0.1, -0.05) is 47.0 Å². The predicted molar refractivity (Wildman–Crippen MR) is 90.2 cm³/mol. The van der Waals surface area contributed by atoms with Gasteiger partial charge in [0, 0.05) is 13.1 Å². The maximum absolute atomic E-state index is 3.61. The summed E-state index contributed by atoms with van der Waals surface area (Å²) in [4.78, 5) is 2.67. The van der Waals surface area contributed by atoms with E-state index in [0.717, 1.165) is 5.92 Å². The fourth-order valence-electron chi connectivity index (χ4n) is 3.28. The fraction of sp³-hybridized carbons (Fsp3) is 1.00. The van der Waals surface area contributed by atoms with Crippen LogP contribution in [0.4, 0.5) is 0 Å². The number of unbranched alkanes of at least 4 members (excludes halogenated alkanes) is 3. The second-order valence-electron chi connectivity index (χ2n) is 7.65. The number of rotatable bonds is 8. The highest BCUT2D eigenvalue weighted by atomic mass is 15.1. The van der Waals surface area contributed by atoms with Crippen molar-refractivity contribution >= 4 is 0 Å².